The van der Waals surface area contributed by atoms with E-state index in [9.17, 15) is 8.78 Å². The van der Waals surface area contributed by atoms with Crippen LogP contribution in [0.15, 0.2) is 47.1 Å². The Morgan fingerprint density at radius 2 is 0.818 bits per heavy atom. The predicted octanol–water partition coefficient (Wildman–Crippen LogP) is 7.62. The van der Waals surface area contributed by atoms with E-state index in [1.54, 1.807) is 13.8 Å². The fourth-order valence-electron chi connectivity index (χ4n) is 1.61. The molecule has 0 aromatic heterocycles. The molecule has 0 nitrogen and oxygen atoms in total. The second-order valence-corrected chi connectivity index (χ2v) is 4.84. The average Bonchev–Trinajstić information content (AvgIpc) is 2.56. The monoisotopic (exact) mass is 310 g/mol. The highest BCUT2D eigenvalue weighted by Gasteiger charge is 2.16. The second kappa shape index (κ2) is 13.2. The third-order valence-electron chi connectivity index (χ3n) is 3.04. The van der Waals surface area contributed by atoms with Crippen LogP contribution in [-0.4, -0.2) is 0 Å². The molecule has 2 rings (SSSR count). The number of halogens is 2. The van der Waals surface area contributed by atoms with E-state index in [2.05, 4.69) is 38.1 Å². The summed E-state index contributed by atoms with van der Waals surface area (Å²) in [5, 5.41) is 0. The van der Waals surface area contributed by atoms with Crippen molar-refractivity contribution in [3.63, 3.8) is 0 Å². The van der Waals surface area contributed by atoms with Gasteiger partial charge in [-0.3, -0.25) is 0 Å². The first-order valence-corrected chi connectivity index (χ1v) is 8.16. The van der Waals surface area contributed by atoms with Gasteiger partial charge in [0.05, 0.1) is 0 Å². The number of benzene rings is 1. The smallest absolute Gasteiger partial charge is 0.157 e. The number of hydrogen-bond acceptors (Lipinski definition) is 0. The van der Waals surface area contributed by atoms with Crippen molar-refractivity contribution in [1.29, 1.82) is 0 Å². The maximum Gasteiger partial charge on any atom is 0.157 e. The Hall–Kier alpha value is -1.44. The zero-order valence-electron chi connectivity index (χ0n) is 15.5. The molecule has 1 aromatic rings. The molecule has 0 N–H and O–H groups in total. The first-order chi connectivity index (χ1) is 10.4. The van der Waals surface area contributed by atoms with Gasteiger partial charge in [-0.05, 0) is 51.7 Å². The van der Waals surface area contributed by atoms with E-state index in [1.807, 2.05) is 27.7 Å². The van der Waals surface area contributed by atoms with Crippen LogP contribution in [0.4, 0.5) is 8.78 Å². The minimum atomic E-state index is -0.649. The molecular weight excluding hydrogens is 278 g/mol. The molecule has 0 bridgehead atoms. The van der Waals surface area contributed by atoms with E-state index < -0.39 is 11.7 Å². The Bertz CT molecular complexity index is 420. The molecule has 2 heteroatoms. The average molecular weight is 310 g/mol. The summed E-state index contributed by atoms with van der Waals surface area (Å²) < 4.78 is 25.3. The SMILES string of the molecule is CC.CC.CC1=C(F)C(F)=C(C)CC1.Cc1ccc(C)cc1. The summed E-state index contributed by atoms with van der Waals surface area (Å²) in [6.07, 6.45) is 1.32. The van der Waals surface area contributed by atoms with Gasteiger partial charge in [0.1, 0.15) is 0 Å². The molecule has 126 valence electrons. The van der Waals surface area contributed by atoms with Gasteiger partial charge in [-0.1, -0.05) is 63.1 Å². The molecule has 0 aliphatic heterocycles. The van der Waals surface area contributed by atoms with Crippen molar-refractivity contribution in [2.24, 2.45) is 0 Å². The van der Waals surface area contributed by atoms with Crippen LogP contribution in [0.2, 0.25) is 0 Å². The number of aryl methyl sites for hydroxylation is 2. The Morgan fingerprint density at radius 3 is 1.05 bits per heavy atom. The summed E-state index contributed by atoms with van der Waals surface area (Å²) in [5.74, 6) is -1.30. The molecule has 0 amide bonds. The zero-order valence-corrected chi connectivity index (χ0v) is 15.5. The lowest BCUT2D eigenvalue weighted by Gasteiger charge is -2.11. The zero-order chi connectivity index (χ0) is 17.7. The van der Waals surface area contributed by atoms with E-state index in [1.165, 1.54) is 11.1 Å². The van der Waals surface area contributed by atoms with Crippen LogP contribution < -0.4 is 0 Å². The Labute approximate surface area is 136 Å². The van der Waals surface area contributed by atoms with Gasteiger partial charge in [-0.15, -0.1) is 0 Å². The van der Waals surface area contributed by atoms with Crippen molar-refractivity contribution in [3.05, 3.63) is 58.2 Å². The van der Waals surface area contributed by atoms with Gasteiger partial charge in [-0.25, -0.2) is 8.78 Å². The molecule has 0 spiro atoms. The Balaban J connectivity index is 0. The molecule has 0 atom stereocenters. The Morgan fingerprint density at radius 1 is 0.591 bits per heavy atom. The van der Waals surface area contributed by atoms with Gasteiger partial charge >= 0.3 is 0 Å². The van der Waals surface area contributed by atoms with Crippen molar-refractivity contribution in [3.8, 4) is 0 Å². The van der Waals surface area contributed by atoms with Crippen molar-refractivity contribution in [2.75, 3.05) is 0 Å². The Kier molecular flexibility index (Phi) is 13.7. The second-order valence-electron chi connectivity index (χ2n) is 4.84. The van der Waals surface area contributed by atoms with Crippen molar-refractivity contribution < 1.29 is 8.78 Å². The molecule has 0 saturated heterocycles. The highest BCUT2D eigenvalue weighted by molar-refractivity contribution is 5.32. The predicted molar refractivity (Wildman–Crippen MR) is 95.5 cm³/mol. The molecule has 0 unspecified atom stereocenters. The third-order valence-corrected chi connectivity index (χ3v) is 3.04. The first-order valence-electron chi connectivity index (χ1n) is 8.16. The summed E-state index contributed by atoms with van der Waals surface area (Å²) >= 11 is 0. The minimum absolute atomic E-state index is 0.531. The van der Waals surface area contributed by atoms with Gasteiger partial charge in [0, 0.05) is 0 Å². The summed E-state index contributed by atoms with van der Waals surface area (Å²) in [5.41, 5.74) is 3.72. The van der Waals surface area contributed by atoms with Crippen LogP contribution >= 0.6 is 0 Å². The van der Waals surface area contributed by atoms with E-state index in [4.69, 9.17) is 0 Å². The number of hydrogen-bond donors (Lipinski definition) is 0. The quantitative estimate of drug-likeness (QED) is 0.462. The molecule has 22 heavy (non-hydrogen) atoms. The number of rotatable bonds is 0. The molecule has 1 aromatic carbocycles. The third kappa shape index (κ3) is 8.76. The molecular formula is C20H32F2. The van der Waals surface area contributed by atoms with Gasteiger partial charge in [0.2, 0.25) is 0 Å². The van der Waals surface area contributed by atoms with Crippen molar-refractivity contribution in [2.45, 2.75) is 68.2 Å². The van der Waals surface area contributed by atoms with E-state index in [0.717, 1.165) is 0 Å². The van der Waals surface area contributed by atoms with Crippen LogP contribution in [0, 0.1) is 13.8 Å². The van der Waals surface area contributed by atoms with Crippen LogP contribution in [0.3, 0.4) is 0 Å². The molecule has 1 aliphatic rings. The molecule has 1 aliphatic carbocycles. The number of allylic oxidation sites excluding steroid dienone is 4. The topological polar surface area (TPSA) is 0 Å². The largest absolute Gasteiger partial charge is 0.204 e. The normalized spacial score (nSPS) is 13.2. The fraction of sp³-hybridized carbons (Fsp3) is 0.500. The first kappa shape index (κ1) is 22.8. The van der Waals surface area contributed by atoms with Crippen LogP contribution in [0.1, 0.15) is 65.5 Å². The summed E-state index contributed by atoms with van der Waals surface area (Å²) in [6.45, 7) is 15.4. The highest BCUT2D eigenvalue weighted by Crippen LogP contribution is 2.31. The van der Waals surface area contributed by atoms with Crippen LogP contribution in [0.25, 0.3) is 0 Å². The lowest BCUT2D eigenvalue weighted by molar-refractivity contribution is 0.510. The standard InChI is InChI=1S/C8H10F2.C8H10.2C2H6/c1-5-3-4-6(2)8(10)7(5)9;1-7-3-5-8(2)6-4-7;2*1-2/h3-4H2,1-2H3;3-6H,1-2H3;2*1-2H3. The van der Waals surface area contributed by atoms with Crippen LogP contribution in [0.5, 0.6) is 0 Å². The van der Waals surface area contributed by atoms with Crippen LogP contribution in [-0.2, 0) is 0 Å². The summed E-state index contributed by atoms with van der Waals surface area (Å²) in [7, 11) is 0. The molecule has 0 radical (unpaired) electrons. The van der Waals surface area contributed by atoms with Gasteiger partial charge in [0.15, 0.2) is 11.7 Å². The maximum absolute atomic E-state index is 12.7. The van der Waals surface area contributed by atoms with E-state index in [0.29, 0.717) is 24.0 Å². The van der Waals surface area contributed by atoms with Crippen molar-refractivity contribution >= 4 is 0 Å². The highest BCUT2D eigenvalue weighted by atomic mass is 19.2. The summed E-state index contributed by atoms with van der Waals surface area (Å²) in [4.78, 5) is 0. The van der Waals surface area contributed by atoms with E-state index in [-0.39, 0.29) is 0 Å². The van der Waals surface area contributed by atoms with Crippen molar-refractivity contribution in [1.82, 2.24) is 0 Å². The lowest BCUT2D eigenvalue weighted by atomic mass is 9.99. The maximum atomic E-state index is 12.7. The molecule has 0 fully saturated rings. The minimum Gasteiger partial charge on any atom is -0.204 e. The van der Waals surface area contributed by atoms with Gasteiger partial charge < -0.3 is 0 Å². The fourth-order valence-corrected chi connectivity index (χ4v) is 1.61. The molecule has 0 heterocycles. The lowest BCUT2D eigenvalue weighted by Crippen LogP contribution is -1.95. The summed E-state index contributed by atoms with van der Waals surface area (Å²) in [6, 6.07) is 8.48. The van der Waals surface area contributed by atoms with Gasteiger partial charge in [-0.2, -0.15) is 0 Å². The molecule has 0 saturated carbocycles. The van der Waals surface area contributed by atoms with Gasteiger partial charge in [0.25, 0.3) is 0 Å². The van der Waals surface area contributed by atoms with E-state index >= 15 is 0 Å².